The fourth-order valence-electron chi connectivity index (χ4n) is 3.77. The van der Waals surface area contributed by atoms with Gasteiger partial charge in [0.1, 0.15) is 0 Å². The van der Waals surface area contributed by atoms with Crippen LogP contribution < -0.4 is 34.7 Å². The maximum atomic E-state index is 10.3. The van der Waals surface area contributed by atoms with Gasteiger partial charge in [0.2, 0.25) is 0 Å². The van der Waals surface area contributed by atoms with E-state index in [1.165, 1.54) is 90.1 Å². The molecular formula is C22H44NNaO2. The minimum Gasteiger partial charge on any atom is -0.550 e. The van der Waals surface area contributed by atoms with Crippen LogP contribution in [0.25, 0.3) is 0 Å². The third-order valence-corrected chi connectivity index (χ3v) is 5.39. The van der Waals surface area contributed by atoms with Crippen molar-refractivity contribution in [3.05, 3.63) is 0 Å². The summed E-state index contributed by atoms with van der Waals surface area (Å²) in [4.78, 5) is 13.0. The monoisotopic (exact) mass is 377 g/mol. The number of aliphatic carboxylic acids is 1. The first-order valence-corrected chi connectivity index (χ1v) is 11.1. The molecule has 0 aliphatic carbocycles. The molecule has 0 amide bonds. The molecule has 0 spiro atoms. The van der Waals surface area contributed by atoms with Crippen molar-refractivity contribution in [1.29, 1.82) is 0 Å². The second kappa shape index (κ2) is 21.7. The summed E-state index contributed by atoms with van der Waals surface area (Å²) in [5.74, 6) is -0.905. The molecule has 0 aromatic carbocycles. The molecule has 0 N–H and O–H groups in total. The summed E-state index contributed by atoms with van der Waals surface area (Å²) in [6.07, 6.45) is 18.1. The van der Waals surface area contributed by atoms with Crippen molar-refractivity contribution in [3.8, 4) is 0 Å². The van der Waals surface area contributed by atoms with E-state index in [4.69, 9.17) is 0 Å². The van der Waals surface area contributed by atoms with Gasteiger partial charge in [-0.25, -0.2) is 0 Å². The Bertz CT molecular complexity index is 296. The number of carboxylic acid groups (broad SMARTS) is 1. The zero-order chi connectivity index (χ0) is 18.8. The molecule has 4 heteroatoms. The van der Waals surface area contributed by atoms with Gasteiger partial charge in [0.15, 0.2) is 0 Å². The van der Waals surface area contributed by atoms with Gasteiger partial charge in [-0.2, -0.15) is 0 Å². The van der Waals surface area contributed by atoms with E-state index in [0.717, 1.165) is 18.9 Å². The van der Waals surface area contributed by atoms with Gasteiger partial charge >= 0.3 is 29.6 Å². The van der Waals surface area contributed by atoms with Crippen molar-refractivity contribution in [1.82, 2.24) is 4.90 Å². The van der Waals surface area contributed by atoms with Crippen LogP contribution in [-0.4, -0.2) is 30.0 Å². The maximum absolute atomic E-state index is 10.3. The van der Waals surface area contributed by atoms with Gasteiger partial charge in [-0.3, -0.25) is 0 Å². The fourth-order valence-corrected chi connectivity index (χ4v) is 3.77. The van der Waals surface area contributed by atoms with Gasteiger partial charge in [0.05, 0.1) is 0 Å². The molecule has 0 saturated carbocycles. The minimum absolute atomic E-state index is 0. The predicted octanol–water partition coefficient (Wildman–Crippen LogP) is 2.32. The van der Waals surface area contributed by atoms with E-state index in [1.54, 1.807) is 0 Å². The SMILES string of the molecule is CCCCCCC(CCCCCCCCCCC(=O)[O-])N(CC)CC.[Na+]. The summed E-state index contributed by atoms with van der Waals surface area (Å²) in [5.41, 5.74) is 0. The van der Waals surface area contributed by atoms with Crippen LogP contribution in [0.2, 0.25) is 0 Å². The average molecular weight is 378 g/mol. The smallest absolute Gasteiger partial charge is 0.550 e. The minimum atomic E-state index is -0.905. The number of nitrogens with zero attached hydrogens (tertiary/aromatic N) is 1. The molecule has 150 valence electrons. The van der Waals surface area contributed by atoms with E-state index >= 15 is 0 Å². The van der Waals surface area contributed by atoms with E-state index in [-0.39, 0.29) is 36.0 Å². The Morgan fingerprint density at radius 3 is 1.58 bits per heavy atom. The van der Waals surface area contributed by atoms with Crippen LogP contribution in [0, 0.1) is 0 Å². The molecule has 0 fully saturated rings. The Kier molecular flexibility index (Phi) is 23.9. The second-order valence-electron chi connectivity index (χ2n) is 7.46. The topological polar surface area (TPSA) is 43.4 Å². The number of carboxylic acids is 1. The molecule has 0 radical (unpaired) electrons. The molecule has 0 saturated heterocycles. The maximum Gasteiger partial charge on any atom is 1.00 e. The Morgan fingerprint density at radius 1 is 0.731 bits per heavy atom. The summed E-state index contributed by atoms with van der Waals surface area (Å²) in [5, 5.41) is 10.3. The first-order chi connectivity index (χ1) is 12.2. The van der Waals surface area contributed by atoms with Crippen LogP contribution in [0.4, 0.5) is 0 Å². The summed E-state index contributed by atoms with van der Waals surface area (Å²) in [7, 11) is 0. The summed E-state index contributed by atoms with van der Waals surface area (Å²) in [6.45, 7) is 9.23. The molecule has 0 aromatic heterocycles. The van der Waals surface area contributed by atoms with Crippen molar-refractivity contribution < 1.29 is 39.5 Å². The Balaban J connectivity index is 0. The molecule has 0 bridgehead atoms. The number of carbonyl (C=O) groups is 1. The number of hydrogen-bond donors (Lipinski definition) is 0. The van der Waals surface area contributed by atoms with Crippen LogP contribution in [0.5, 0.6) is 0 Å². The first-order valence-electron chi connectivity index (χ1n) is 11.1. The zero-order valence-electron chi connectivity index (χ0n) is 18.4. The van der Waals surface area contributed by atoms with Gasteiger partial charge in [0.25, 0.3) is 0 Å². The fraction of sp³-hybridized carbons (Fsp3) is 0.955. The predicted molar refractivity (Wildman–Crippen MR) is 107 cm³/mol. The third-order valence-electron chi connectivity index (χ3n) is 5.39. The van der Waals surface area contributed by atoms with Crippen molar-refractivity contribution in [2.75, 3.05) is 13.1 Å². The molecule has 0 aliphatic rings. The third kappa shape index (κ3) is 17.8. The van der Waals surface area contributed by atoms with E-state index in [1.807, 2.05) is 0 Å². The van der Waals surface area contributed by atoms with E-state index < -0.39 is 5.97 Å². The Labute approximate surface area is 186 Å². The van der Waals surface area contributed by atoms with Crippen LogP contribution >= 0.6 is 0 Å². The van der Waals surface area contributed by atoms with E-state index in [2.05, 4.69) is 25.7 Å². The Hall–Kier alpha value is 0.430. The van der Waals surface area contributed by atoms with Gasteiger partial charge in [-0.1, -0.05) is 91.4 Å². The molecule has 26 heavy (non-hydrogen) atoms. The van der Waals surface area contributed by atoms with Gasteiger partial charge < -0.3 is 14.8 Å². The number of unbranched alkanes of at least 4 members (excludes halogenated alkanes) is 10. The number of hydrogen-bond acceptors (Lipinski definition) is 3. The summed E-state index contributed by atoms with van der Waals surface area (Å²) in [6, 6.07) is 0.788. The van der Waals surface area contributed by atoms with Crippen LogP contribution in [-0.2, 0) is 4.79 Å². The molecule has 0 aromatic rings. The van der Waals surface area contributed by atoms with Crippen molar-refractivity contribution in [3.63, 3.8) is 0 Å². The summed E-state index contributed by atoms with van der Waals surface area (Å²) >= 11 is 0. The largest absolute Gasteiger partial charge is 1.00 e. The zero-order valence-corrected chi connectivity index (χ0v) is 20.4. The van der Waals surface area contributed by atoms with Gasteiger partial charge in [-0.05, 0) is 38.8 Å². The number of rotatable bonds is 19. The molecule has 3 nitrogen and oxygen atoms in total. The quantitative estimate of drug-likeness (QED) is 0.256. The van der Waals surface area contributed by atoms with Crippen LogP contribution in [0.3, 0.4) is 0 Å². The molecule has 0 aliphatic heterocycles. The van der Waals surface area contributed by atoms with Crippen molar-refractivity contribution in [2.24, 2.45) is 0 Å². The standard InChI is InChI=1S/C22H45NO2.Na/c1-4-7-8-15-18-21(23(5-2)6-3)19-16-13-11-9-10-12-14-17-20-22(24)25;/h21H,4-20H2,1-3H3,(H,24,25);/q;+1/p-1. The van der Waals surface area contributed by atoms with E-state index in [0.29, 0.717) is 0 Å². The first kappa shape index (κ1) is 28.6. The van der Waals surface area contributed by atoms with Crippen molar-refractivity contribution >= 4 is 5.97 Å². The molecule has 1 unspecified atom stereocenters. The average Bonchev–Trinajstić information content (AvgIpc) is 2.60. The van der Waals surface area contributed by atoms with Crippen LogP contribution in [0.1, 0.15) is 117 Å². The summed E-state index contributed by atoms with van der Waals surface area (Å²) < 4.78 is 0. The van der Waals surface area contributed by atoms with Crippen LogP contribution in [0.15, 0.2) is 0 Å². The normalized spacial score (nSPS) is 12.2. The van der Waals surface area contributed by atoms with Gasteiger partial charge in [-0.15, -0.1) is 0 Å². The molecular weight excluding hydrogens is 333 g/mol. The van der Waals surface area contributed by atoms with E-state index in [9.17, 15) is 9.90 Å². The molecule has 0 rings (SSSR count). The molecule has 1 atom stereocenters. The number of carbonyl (C=O) groups excluding carboxylic acids is 1. The second-order valence-corrected chi connectivity index (χ2v) is 7.46. The van der Waals surface area contributed by atoms with Gasteiger partial charge in [0, 0.05) is 12.0 Å². The Morgan fingerprint density at radius 2 is 1.15 bits per heavy atom. The molecule has 0 heterocycles. The van der Waals surface area contributed by atoms with Crippen molar-refractivity contribution in [2.45, 2.75) is 123 Å².